The van der Waals surface area contributed by atoms with E-state index in [1.54, 1.807) is 9.80 Å². The Morgan fingerprint density at radius 2 is 2.05 bits per heavy atom. The van der Waals surface area contributed by atoms with Crippen LogP contribution in [0, 0.1) is 35.0 Å². The van der Waals surface area contributed by atoms with Gasteiger partial charge in [-0.3, -0.25) is 4.79 Å². The molecule has 2 aromatic carbocycles. The summed E-state index contributed by atoms with van der Waals surface area (Å²) in [5.41, 5.74) is 5.90. The average Bonchev–Trinajstić information content (AvgIpc) is 3.67. The number of carbonyl (C=O) groups excluding carboxylic acids is 2. The molecule has 2 unspecified atom stereocenters. The molecule has 2 amide bonds. The van der Waals surface area contributed by atoms with Gasteiger partial charge in [0.25, 0.3) is 5.91 Å². The fourth-order valence-corrected chi connectivity index (χ4v) is 7.10. The van der Waals surface area contributed by atoms with E-state index < -0.39 is 29.7 Å². The van der Waals surface area contributed by atoms with Crippen LogP contribution in [-0.4, -0.2) is 68.8 Å². The van der Waals surface area contributed by atoms with E-state index in [2.05, 4.69) is 10.1 Å². The summed E-state index contributed by atoms with van der Waals surface area (Å²) in [5.74, 6) is -2.10. The number of halogens is 4. The molecule has 6 rings (SSSR count). The van der Waals surface area contributed by atoms with Gasteiger partial charge in [-0.15, -0.1) is 16.4 Å². The lowest BCUT2D eigenvalue weighted by Crippen LogP contribution is -2.43. The number of rotatable bonds is 3. The maximum absolute atomic E-state index is 15.9. The number of fused-ring (bicyclic) bond motifs is 2. The minimum Gasteiger partial charge on any atom is -0.491 e. The highest BCUT2D eigenvalue weighted by Gasteiger charge is 2.38. The Bertz CT molecular complexity index is 1840. The number of likely N-dealkylation sites (tertiary alicyclic amines) is 1. The zero-order valence-corrected chi connectivity index (χ0v) is 24.2. The molecule has 2 atom stereocenters. The molecule has 0 bridgehead atoms. The number of nitrogen functional groups attached to an aromatic ring is 1. The molecular weight excluding hydrogens is 607 g/mol. The maximum atomic E-state index is 15.9. The van der Waals surface area contributed by atoms with Crippen molar-refractivity contribution >= 4 is 50.0 Å². The monoisotopic (exact) mass is 629 g/mol. The van der Waals surface area contributed by atoms with Crippen LogP contribution in [0.5, 0.6) is 5.75 Å². The third-order valence-corrected chi connectivity index (χ3v) is 9.37. The Morgan fingerprint density at radius 1 is 1.26 bits per heavy atom. The van der Waals surface area contributed by atoms with Gasteiger partial charge in [0.2, 0.25) is 0 Å². The number of ether oxygens (including phenoxy) is 1. The van der Waals surface area contributed by atoms with E-state index in [1.165, 1.54) is 6.07 Å². The summed E-state index contributed by atoms with van der Waals surface area (Å²) in [6, 6.07) is 4.64. The van der Waals surface area contributed by atoms with Gasteiger partial charge in [0.15, 0.2) is 5.75 Å². The largest absolute Gasteiger partial charge is 0.491 e. The molecule has 0 saturated carbocycles. The number of benzene rings is 2. The molecular formula is C28H23ClF3N7O3S. The Labute approximate surface area is 252 Å². The van der Waals surface area contributed by atoms with Gasteiger partial charge >= 0.3 is 12.1 Å². The topological polar surface area (TPSA) is 130 Å². The summed E-state index contributed by atoms with van der Waals surface area (Å²) in [6.07, 6.45) is 1.04. The minimum absolute atomic E-state index is 0.00652. The summed E-state index contributed by atoms with van der Waals surface area (Å²) < 4.78 is 50.6. The molecule has 222 valence electrons. The quantitative estimate of drug-likeness (QED) is 0.326. The first-order valence-electron chi connectivity index (χ1n) is 13.3. The lowest BCUT2D eigenvalue weighted by atomic mass is 9.96. The van der Waals surface area contributed by atoms with Crippen molar-refractivity contribution in [3.63, 3.8) is 0 Å². The van der Waals surface area contributed by atoms with Gasteiger partial charge in [0, 0.05) is 36.6 Å². The lowest BCUT2D eigenvalue weighted by Gasteiger charge is -2.31. The van der Waals surface area contributed by atoms with E-state index in [9.17, 15) is 23.6 Å². The van der Waals surface area contributed by atoms with Crippen molar-refractivity contribution in [2.45, 2.75) is 25.8 Å². The Hall–Kier alpha value is -4.35. The van der Waals surface area contributed by atoms with Gasteiger partial charge in [0.1, 0.15) is 29.0 Å². The predicted molar refractivity (Wildman–Crippen MR) is 152 cm³/mol. The van der Waals surface area contributed by atoms with Gasteiger partial charge in [-0.25, -0.2) is 13.6 Å². The van der Waals surface area contributed by atoms with Crippen LogP contribution in [-0.2, 0) is 0 Å². The Balaban J connectivity index is 1.33. The average molecular weight is 630 g/mol. The highest BCUT2D eigenvalue weighted by molar-refractivity contribution is 7.23. The van der Waals surface area contributed by atoms with Crippen molar-refractivity contribution in [1.82, 2.24) is 24.6 Å². The van der Waals surface area contributed by atoms with Gasteiger partial charge in [0.05, 0.1) is 27.5 Å². The molecule has 1 fully saturated rings. The van der Waals surface area contributed by atoms with E-state index in [-0.39, 0.29) is 73.2 Å². The number of nitrogens with two attached hydrogens (primary N) is 1. The van der Waals surface area contributed by atoms with Crippen LogP contribution in [0.25, 0.3) is 21.2 Å². The lowest BCUT2D eigenvalue weighted by molar-refractivity contribution is 0.0687. The van der Waals surface area contributed by atoms with Crippen LogP contribution in [0.3, 0.4) is 0 Å². The molecule has 0 radical (unpaired) electrons. The Kier molecular flexibility index (Phi) is 7.39. The molecule has 4 aromatic rings. The molecule has 4 heterocycles. The van der Waals surface area contributed by atoms with E-state index in [1.807, 2.05) is 13.0 Å². The molecule has 2 aromatic heterocycles. The number of aromatic nitrogens is 3. The molecule has 2 aliphatic heterocycles. The van der Waals surface area contributed by atoms with Crippen LogP contribution in [0.15, 0.2) is 24.5 Å². The zero-order chi connectivity index (χ0) is 30.6. The highest BCUT2D eigenvalue weighted by atomic mass is 35.5. The summed E-state index contributed by atoms with van der Waals surface area (Å²) in [6.45, 7) is 2.99. The molecule has 10 nitrogen and oxygen atoms in total. The normalized spacial score (nSPS) is 18.7. The zero-order valence-electron chi connectivity index (χ0n) is 22.6. The smallest absolute Gasteiger partial charge is 0.346 e. The van der Waals surface area contributed by atoms with Crippen molar-refractivity contribution < 1.29 is 27.5 Å². The number of carbonyl (C=O) groups is 2. The van der Waals surface area contributed by atoms with Crippen molar-refractivity contribution in [3.8, 4) is 22.9 Å². The number of nitriles is 1. The van der Waals surface area contributed by atoms with Crippen LogP contribution < -0.4 is 10.5 Å². The number of amides is 2. The fraction of sp³-hybridized carbons (Fsp3) is 0.321. The van der Waals surface area contributed by atoms with Crippen LogP contribution >= 0.6 is 22.9 Å². The summed E-state index contributed by atoms with van der Waals surface area (Å²) >= 11 is 7.61. The maximum Gasteiger partial charge on any atom is 0.346 e. The van der Waals surface area contributed by atoms with Gasteiger partial charge < -0.3 is 20.3 Å². The molecule has 2 aliphatic rings. The third-order valence-electron chi connectivity index (χ3n) is 7.98. The second kappa shape index (κ2) is 11.1. The van der Waals surface area contributed by atoms with E-state index in [4.69, 9.17) is 22.1 Å². The first-order chi connectivity index (χ1) is 20.6. The van der Waals surface area contributed by atoms with Crippen molar-refractivity contribution in [2.75, 3.05) is 32.0 Å². The minimum atomic E-state index is -1.01. The van der Waals surface area contributed by atoms with Crippen molar-refractivity contribution in [1.29, 1.82) is 5.26 Å². The van der Waals surface area contributed by atoms with E-state index >= 15 is 4.39 Å². The molecule has 2 N–H and O–H groups in total. The predicted octanol–water partition coefficient (Wildman–Crippen LogP) is 5.29. The SMILES string of the molecule is CC1C(CN2CCCOc3c(cc(F)c(-c4ccc(F)c5sc(N)c(C#N)c45)c3Cl)C2=O)CCN1C(=O)n1cnc(F)n1. The summed E-state index contributed by atoms with van der Waals surface area (Å²) in [4.78, 5) is 33.1. The molecule has 43 heavy (non-hydrogen) atoms. The van der Waals surface area contributed by atoms with E-state index in [0.717, 1.165) is 34.5 Å². The molecule has 1 saturated heterocycles. The van der Waals surface area contributed by atoms with Gasteiger partial charge in [-0.1, -0.05) is 17.7 Å². The molecule has 0 aliphatic carbocycles. The number of thiophene rings is 1. The van der Waals surface area contributed by atoms with Gasteiger partial charge in [-0.2, -0.15) is 19.3 Å². The highest BCUT2D eigenvalue weighted by Crippen LogP contribution is 2.47. The van der Waals surface area contributed by atoms with Crippen LogP contribution in [0.1, 0.15) is 35.7 Å². The molecule has 0 spiro atoms. The first-order valence-corrected chi connectivity index (χ1v) is 14.5. The fourth-order valence-electron chi connectivity index (χ4n) is 5.80. The van der Waals surface area contributed by atoms with Crippen LogP contribution in [0.4, 0.5) is 23.0 Å². The van der Waals surface area contributed by atoms with Crippen LogP contribution in [0.2, 0.25) is 5.02 Å². The first kappa shape index (κ1) is 28.8. The second-order valence-corrected chi connectivity index (χ2v) is 11.8. The number of hydrogen-bond donors (Lipinski definition) is 1. The van der Waals surface area contributed by atoms with Crippen molar-refractivity contribution in [2.24, 2.45) is 5.92 Å². The van der Waals surface area contributed by atoms with E-state index in [0.29, 0.717) is 25.9 Å². The summed E-state index contributed by atoms with van der Waals surface area (Å²) in [7, 11) is 0. The third kappa shape index (κ3) is 4.82. The number of nitrogens with zero attached hydrogens (tertiary/aromatic N) is 6. The van der Waals surface area contributed by atoms with Gasteiger partial charge in [-0.05, 0) is 43.4 Å². The summed E-state index contributed by atoms with van der Waals surface area (Å²) in [5, 5.41) is 13.2. The standard InChI is InChI=1S/C28H23ClF3N7O3S/c1-13-14(5-7-38(13)28(41)39-12-35-27(32)36-39)11-37-6-2-8-42-23-16(26(37)40)9-19(31)21(22(23)29)15-3-4-18(30)24-20(15)17(10-33)25(34)43-24/h3-4,9,12-14H,2,5-8,11,34H2,1H3. The molecule has 15 heteroatoms. The van der Waals surface area contributed by atoms with Crippen molar-refractivity contribution in [3.05, 3.63) is 58.4 Å². The number of anilines is 1. The number of hydrogen-bond acceptors (Lipinski definition) is 8. The Morgan fingerprint density at radius 3 is 2.77 bits per heavy atom. The second-order valence-electron chi connectivity index (χ2n) is 10.4.